The Morgan fingerprint density at radius 3 is 2.48 bits per heavy atom. The Kier molecular flexibility index (Phi) is 5.32. The van der Waals surface area contributed by atoms with E-state index < -0.39 is 17.5 Å². The zero-order valence-electron chi connectivity index (χ0n) is 14.6. The summed E-state index contributed by atoms with van der Waals surface area (Å²) in [6.45, 7) is 4.01. The first-order chi connectivity index (χ1) is 12.8. The van der Waals surface area contributed by atoms with Gasteiger partial charge in [0.15, 0.2) is 10.9 Å². The highest BCUT2D eigenvalue weighted by Gasteiger charge is 2.15. The fourth-order valence-electron chi connectivity index (χ4n) is 2.42. The van der Waals surface area contributed by atoms with Crippen molar-refractivity contribution in [2.75, 3.05) is 5.32 Å². The number of amides is 1. The van der Waals surface area contributed by atoms with Gasteiger partial charge in [-0.05, 0) is 67.5 Å². The van der Waals surface area contributed by atoms with Gasteiger partial charge < -0.3 is 9.73 Å². The molecule has 7 heteroatoms. The summed E-state index contributed by atoms with van der Waals surface area (Å²) in [5, 5.41) is 4.78. The van der Waals surface area contributed by atoms with E-state index in [2.05, 4.69) is 10.6 Å². The van der Waals surface area contributed by atoms with Gasteiger partial charge >= 0.3 is 0 Å². The fourth-order valence-corrected chi connectivity index (χ4v) is 2.62. The van der Waals surface area contributed by atoms with E-state index in [0.29, 0.717) is 5.76 Å². The number of hydrogen-bond acceptors (Lipinski definition) is 3. The van der Waals surface area contributed by atoms with Gasteiger partial charge in [-0.3, -0.25) is 10.1 Å². The van der Waals surface area contributed by atoms with Crippen molar-refractivity contribution in [3.63, 3.8) is 0 Å². The molecule has 0 atom stereocenters. The second-order valence-electron chi connectivity index (χ2n) is 6.00. The summed E-state index contributed by atoms with van der Waals surface area (Å²) in [6, 6.07) is 12.1. The first-order valence-corrected chi connectivity index (χ1v) is 8.49. The highest BCUT2D eigenvalue weighted by atomic mass is 32.1. The van der Waals surface area contributed by atoms with Crippen molar-refractivity contribution >= 4 is 28.9 Å². The number of aryl methyl sites for hydroxylation is 2. The Hall–Kier alpha value is -3.06. The molecule has 1 heterocycles. The van der Waals surface area contributed by atoms with Crippen LogP contribution in [0.2, 0.25) is 0 Å². The summed E-state index contributed by atoms with van der Waals surface area (Å²) in [4.78, 5) is 12.3. The fraction of sp³-hybridized carbons (Fsp3) is 0.100. The van der Waals surface area contributed by atoms with Crippen LogP contribution in [-0.2, 0) is 0 Å². The molecule has 3 aromatic rings. The van der Waals surface area contributed by atoms with E-state index in [1.807, 2.05) is 32.0 Å². The van der Waals surface area contributed by atoms with Crippen LogP contribution in [0.5, 0.6) is 0 Å². The smallest absolute Gasteiger partial charge is 0.293 e. The molecule has 0 radical (unpaired) electrons. The van der Waals surface area contributed by atoms with Gasteiger partial charge in [-0.1, -0.05) is 12.1 Å². The minimum Gasteiger partial charge on any atom is -0.451 e. The molecule has 0 saturated heterocycles. The molecule has 0 aliphatic carbocycles. The maximum Gasteiger partial charge on any atom is 0.293 e. The number of anilines is 1. The van der Waals surface area contributed by atoms with Crippen molar-refractivity contribution < 1.29 is 18.0 Å². The number of benzene rings is 2. The number of carbonyl (C=O) groups excluding carboxylic acids is 1. The molecule has 138 valence electrons. The maximum atomic E-state index is 13.6. The predicted octanol–water partition coefficient (Wildman–Crippen LogP) is 4.97. The molecule has 4 nitrogen and oxygen atoms in total. The van der Waals surface area contributed by atoms with Gasteiger partial charge in [0.1, 0.15) is 17.4 Å². The number of thiocarbonyl (C=S) groups is 1. The van der Waals surface area contributed by atoms with Crippen LogP contribution in [-0.4, -0.2) is 11.0 Å². The van der Waals surface area contributed by atoms with Crippen LogP contribution in [0.1, 0.15) is 21.7 Å². The SMILES string of the molecule is Cc1ccc(-c2ccc(C(=O)NC(=S)Nc3ccc(F)cc3F)o2)cc1C. The van der Waals surface area contributed by atoms with Crippen molar-refractivity contribution in [3.05, 3.63) is 77.1 Å². The summed E-state index contributed by atoms with van der Waals surface area (Å²) in [5.74, 6) is -1.49. The van der Waals surface area contributed by atoms with E-state index in [4.69, 9.17) is 16.6 Å². The molecule has 0 fully saturated rings. The minimum atomic E-state index is -0.818. The Bertz CT molecular complexity index is 1030. The molecule has 0 bridgehead atoms. The van der Waals surface area contributed by atoms with Gasteiger partial charge in [0.05, 0.1) is 5.69 Å². The second-order valence-corrected chi connectivity index (χ2v) is 6.40. The van der Waals surface area contributed by atoms with Crippen LogP contribution in [0, 0.1) is 25.5 Å². The first-order valence-electron chi connectivity index (χ1n) is 8.08. The molecule has 2 N–H and O–H groups in total. The largest absolute Gasteiger partial charge is 0.451 e. The molecule has 0 spiro atoms. The Labute approximate surface area is 160 Å². The van der Waals surface area contributed by atoms with Gasteiger partial charge in [-0.25, -0.2) is 8.78 Å². The van der Waals surface area contributed by atoms with E-state index in [1.54, 1.807) is 6.07 Å². The summed E-state index contributed by atoms with van der Waals surface area (Å²) in [7, 11) is 0. The predicted molar refractivity (Wildman–Crippen MR) is 104 cm³/mol. The number of nitrogens with one attached hydrogen (secondary N) is 2. The van der Waals surface area contributed by atoms with Crippen LogP contribution in [0.15, 0.2) is 52.9 Å². The molecule has 0 unspecified atom stereocenters. The van der Waals surface area contributed by atoms with Crippen LogP contribution in [0.3, 0.4) is 0 Å². The van der Waals surface area contributed by atoms with Crippen LogP contribution >= 0.6 is 12.2 Å². The quantitative estimate of drug-likeness (QED) is 0.624. The Morgan fingerprint density at radius 1 is 1.00 bits per heavy atom. The lowest BCUT2D eigenvalue weighted by Gasteiger charge is -2.09. The number of furan rings is 1. The number of hydrogen-bond donors (Lipinski definition) is 2. The van der Waals surface area contributed by atoms with Crippen LogP contribution in [0.4, 0.5) is 14.5 Å². The first kappa shape index (κ1) is 18.7. The zero-order valence-corrected chi connectivity index (χ0v) is 15.4. The molecule has 2 aromatic carbocycles. The van der Waals surface area contributed by atoms with E-state index in [9.17, 15) is 13.6 Å². The van der Waals surface area contributed by atoms with Crippen molar-refractivity contribution in [1.82, 2.24) is 5.32 Å². The van der Waals surface area contributed by atoms with Crippen molar-refractivity contribution in [1.29, 1.82) is 0 Å². The average Bonchev–Trinajstić information content (AvgIpc) is 3.10. The standard InChI is InChI=1S/C20H16F2N2O2S/c1-11-3-4-13(9-12(11)2)17-7-8-18(26-17)19(25)24-20(27)23-16-6-5-14(21)10-15(16)22/h3-10H,1-2H3,(H2,23,24,25,27). The van der Waals surface area contributed by atoms with Crippen LogP contribution in [0.25, 0.3) is 11.3 Å². The lowest BCUT2D eigenvalue weighted by molar-refractivity contribution is 0.0951. The van der Waals surface area contributed by atoms with Gasteiger partial charge in [0.25, 0.3) is 5.91 Å². The highest BCUT2D eigenvalue weighted by molar-refractivity contribution is 7.80. The van der Waals surface area contributed by atoms with E-state index >= 15 is 0 Å². The molecule has 1 aromatic heterocycles. The third-order valence-electron chi connectivity index (χ3n) is 4.03. The molecular formula is C20H16F2N2O2S. The van der Waals surface area contributed by atoms with Gasteiger partial charge in [-0.15, -0.1) is 0 Å². The van der Waals surface area contributed by atoms with Crippen LogP contribution < -0.4 is 10.6 Å². The number of halogens is 2. The third-order valence-corrected chi connectivity index (χ3v) is 4.23. The molecule has 27 heavy (non-hydrogen) atoms. The van der Waals surface area contributed by atoms with Gasteiger partial charge in [-0.2, -0.15) is 0 Å². The topological polar surface area (TPSA) is 54.3 Å². The lowest BCUT2D eigenvalue weighted by atomic mass is 10.1. The summed E-state index contributed by atoms with van der Waals surface area (Å²) >= 11 is 4.99. The van der Waals surface area contributed by atoms with E-state index in [1.165, 1.54) is 12.1 Å². The highest BCUT2D eigenvalue weighted by Crippen LogP contribution is 2.24. The van der Waals surface area contributed by atoms with Gasteiger partial charge in [0.2, 0.25) is 0 Å². The van der Waals surface area contributed by atoms with E-state index in [0.717, 1.165) is 28.8 Å². The summed E-state index contributed by atoms with van der Waals surface area (Å²) in [6.07, 6.45) is 0. The average molecular weight is 386 g/mol. The molecule has 1 amide bonds. The molecule has 0 aliphatic rings. The maximum absolute atomic E-state index is 13.6. The van der Waals surface area contributed by atoms with Crippen molar-refractivity contribution in [3.8, 4) is 11.3 Å². The normalized spacial score (nSPS) is 10.5. The Morgan fingerprint density at radius 2 is 1.78 bits per heavy atom. The lowest BCUT2D eigenvalue weighted by Crippen LogP contribution is -2.34. The number of carbonyl (C=O) groups is 1. The number of rotatable bonds is 3. The molecular weight excluding hydrogens is 370 g/mol. The zero-order chi connectivity index (χ0) is 19.6. The molecule has 0 aliphatic heterocycles. The Balaban J connectivity index is 1.68. The van der Waals surface area contributed by atoms with Crippen molar-refractivity contribution in [2.24, 2.45) is 0 Å². The molecule has 3 rings (SSSR count). The molecule has 0 saturated carbocycles. The van der Waals surface area contributed by atoms with E-state index in [-0.39, 0.29) is 16.6 Å². The van der Waals surface area contributed by atoms with Crippen molar-refractivity contribution in [2.45, 2.75) is 13.8 Å². The summed E-state index contributed by atoms with van der Waals surface area (Å²) in [5.41, 5.74) is 3.08. The minimum absolute atomic E-state index is 0.0445. The van der Waals surface area contributed by atoms with Gasteiger partial charge in [0, 0.05) is 11.6 Å². The second kappa shape index (κ2) is 7.67. The summed E-state index contributed by atoms with van der Waals surface area (Å²) < 4.78 is 32.1. The third kappa shape index (κ3) is 4.38. The monoisotopic (exact) mass is 386 g/mol.